The highest BCUT2D eigenvalue weighted by Gasteiger charge is 2.19. The Bertz CT molecular complexity index is 898. The van der Waals surface area contributed by atoms with Gasteiger partial charge in [0.15, 0.2) is 5.16 Å². The number of rotatable bonds is 6. The Labute approximate surface area is 155 Å². The van der Waals surface area contributed by atoms with Crippen LogP contribution in [0.3, 0.4) is 0 Å². The van der Waals surface area contributed by atoms with Gasteiger partial charge in [0.1, 0.15) is 11.6 Å². The molecule has 1 amide bonds. The van der Waals surface area contributed by atoms with Gasteiger partial charge in [-0.1, -0.05) is 48.2 Å². The van der Waals surface area contributed by atoms with Gasteiger partial charge in [0.2, 0.25) is 5.91 Å². The predicted octanol–water partition coefficient (Wildman–Crippen LogP) is 3.89. The fourth-order valence-corrected chi connectivity index (χ4v) is 3.31. The van der Waals surface area contributed by atoms with Gasteiger partial charge < -0.3 is 9.88 Å². The van der Waals surface area contributed by atoms with Crippen LogP contribution in [-0.2, 0) is 11.3 Å². The van der Waals surface area contributed by atoms with Gasteiger partial charge in [0.05, 0.1) is 11.8 Å². The Morgan fingerprint density at radius 2 is 1.96 bits per heavy atom. The van der Waals surface area contributed by atoms with Gasteiger partial charge in [-0.15, -0.1) is 10.2 Å². The van der Waals surface area contributed by atoms with E-state index in [2.05, 4.69) is 15.5 Å². The number of nitrogens with zero attached hydrogens (tertiary/aromatic N) is 3. The molecule has 0 aliphatic heterocycles. The number of nitrogens with one attached hydrogen (secondary N) is 1. The molecule has 0 aliphatic rings. The number of amides is 1. The lowest BCUT2D eigenvalue weighted by molar-refractivity contribution is -0.115. The molecule has 3 aromatic rings. The predicted molar refractivity (Wildman–Crippen MR) is 101 cm³/mol. The van der Waals surface area contributed by atoms with E-state index in [1.165, 1.54) is 23.9 Å². The molecule has 7 heteroatoms. The summed E-state index contributed by atoms with van der Waals surface area (Å²) in [6.45, 7) is 4.31. The number of carbonyl (C=O) groups excluding carboxylic acids is 1. The van der Waals surface area contributed by atoms with E-state index in [0.29, 0.717) is 17.4 Å². The van der Waals surface area contributed by atoms with Crippen molar-refractivity contribution in [2.24, 2.45) is 0 Å². The molecule has 0 spiro atoms. The Balaban J connectivity index is 1.69. The Morgan fingerprint density at radius 3 is 2.69 bits per heavy atom. The molecule has 0 fully saturated rings. The van der Waals surface area contributed by atoms with E-state index in [9.17, 15) is 9.18 Å². The van der Waals surface area contributed by atoms with E-state index >= 15 is 0 Å². The highest BCUT2D eigenvalue weighted by molar-refractivity contribution is 8.00. The summed E-state index contributed by atoms with van der Waals surface area (Å²) >= 11 is 1.33. The number of thioether (sulfide) groups is 1. The molecule has 1 aromatic heterocycles. The number of benzene rings is 2. The van der Waals surface area contributed by atoms with Gasteiger partial charge in [-0.2, -0.15) is 0 Å². The van der Waals surface area contributed by atoms with Crippen molar-refractivity contribution in [3.63, 3.8) is 0 Å². The third-order valence-corrected chi connectivity index (χ3v) is 4.91. The Kier molecular flexibility index (Phi) is 5.68. The second kappa shape index (κ2) is 8.14. The summed E-state index contributed by atoms with van der Waals surface area (Å²) in [6, 6.07) is 15.8. The molecule has 0 aliphatic carbocycles. The second-order valence-corrected chi connectivity index (χ2v) is 7.17. The highest BCUT2D eigenvalue weighted by atomic mass is 32.2. The summed E-state index contributed by atoms with van der Waals surface area (Å²) in [5.74, 6) is 0.183. The fourth-order valence-electron chi connectivity index (χ4n) is 2.42. The lowest BCUT2D eigenvalue weighted by atomic mass is 10.2. The van der Waals surface area contributed by atoms with Crippen LogP contribution in [-0.4, -0.2) is 25.9 Å². The second-order valence-electron chi connectivity index (χ2n) is 5.86. The molecular formula is C19H19FN4OS. The maximum Gasteiger partial charge on any atom is 0.237 e. The van der Waals surface area contributed by atoms with Crippen LogP contribution >= 0.6 is 11.8 Å². The lowest BCUT2D eigenvalue weighted by Gasteiger charge is -2.13. The first kappa shape index (κ1) is 18.1. The molecule has 0 saturated carbocycles. The van der Waals surface area contributed by atoms with E-state index in [0.717, 1.165) is 11.4 Å². The number of aryl methyl sites for hydroxylation is 1. The third-order valence-electron chi connectivity index (χ3n) is 3.83. The van der Waals surface area contributed by atoms with Crippen LogP contribution in [0.4, 0.5) is 10.1 Å². The maximum atomic E-state index is 13.3. The van der Waals surface area contributed by atoms with E-state index in [4.69, 9.17) is 0 Å². The molecule has 134 valence electrons. The minimum Gasteiger partial charge on any atom is -0.325 e. The monoisotopic (exact) mass is 370 g/mol. The van der Waals surface area contributed by atoms with Crippen LogP contribution in [0.1, 0.15) is 18.3 Å². The number of carbonyl (C=O) groups is 1. The van der Waals surface area contributed by atoms with Crippen molar-refractivity contribution in [2.75, 3.05) is 5.32 Å². The summed E-state index contributed by atoms with van der Waals surface area (Å²) < 4.78 is 15.2. The molecule has 2 aromatic carbocycles. The SMILES string of the molecule is Cc1nnc(S[C@H](C)C(=O)Nc2cccc(F)c2)n1Cc1ccccc1. The van der Waals surface area contributed by atoms with Crippen LogP contribution in [0, 0.1) is 12.7 Å². The quantitative estimate of drug-likeness (QED) is 0.669. The van der Waals surface area contributed by atoms with Gasteiger partial charge in [-0.25, -0.2) is 4.39 Å². The topological polar surface area (TPSA) is 59.8 Å². The first-order valence-electron chi connectivity index (χ1n) is 8.20. The molecule has 5 nitrogen and oxygen atoms in total. The first-order valence-corrected chi connectivity index (χ1v) is 9.07. The molecule has 0 radical (unpaired) electrons. The molecule has 1 atom stereocenters. The average Bonchev–Trinajstić information content (AvgIpc) is 2.96. The highest BCUT2D eigenvalue weighted by Crippen LogP contribution is 2.24. The number of hydrogen-bond acceptors (Lipinski definition) is 4. The zero-order valence-electron chi connectivity index (χ0n) is 14.5. The van der Waals surface area contributed by atoms with Crippen LogP contribution in [0.2, 0.25) is 0 Å². The average molecular weight is 370 g/mol. The van der Waals surface area contributed by atoms with E-state index in [1.54, 1.807) is 19.1 Å². The number of anilines is 1. The molecule has 3 rings (SSSR count). The molecule has 1 N–H and O–H groups in total. The van der Waals surface area contributed by atoms with E-state index in [1.807, 2.05) is 41.8 Å². The van der Waals surface area contributed by atoms with Crippen LogP contribution in [0.25, 0.3) is 0 Å². The molecule has 0 bridgehead atoms. The van der Waals surface area contributed by atoms with Crippen LogP contribution in [0.15, 0.2) is 59.8 Å². The van der Waals surface area contributed by atoms with Crippen molar-refractivity contribution in [2.45, 2.75) is 30.8 Å². The zero-order valence-corrected chi connectivity index (χ0v) is 15.3. The van der Waals surface area contributed by atoms with Gasteiger partial charge in [-0.3, -0.25) is 4.79 Å². The van der Waals surface area contributed by atoms with Gasteiger partial charge >= 0.3 is 0 Å². The van der Waals surface area contributed by atoms with Crippen molar-refractivity contribution in [1.82, 2.24) is 14.8 Å². The van der Waals surface area contributed by atoms with Crippen molar-refractivity contribution in [3.05, 3.63) is 71.8 Å². The largest absolute Gasteiger partial charge is 0.325 e. The van der Waals surface area contributed by atoms with Crippen LogP contribution < -0.4 is 5.32 Å². The molecule has 1 heterocycles. The van der Waals surface area contributed by atoms with Crippen molar-refractivity contribution >= 4 is 23.4 Å². The van der Waals surface area contributed by atoms with Gasteiger partial charge in [0, 0.05) is 5.69 Å². The molecular weight excluding hydrogens is 351 g/mol. The van der Waals surface area contributed by atoms with Crippen molar-refractivity contribution < 1.29 is 9.18 Å². The number of hydrogen-bond donors (Lipinski definition) is 1. The van der Waals surface area contributed by atoms with E-state index < -0.39 is 5.25 Å². The smallest absolute Gasteiger partial charge is 0.237 e. The first-order chi connectivity index (χ1) is 12.5. The maximum absolute atomic E-state index is 13.3. The number of aromatic nitrogens is 3. The number of halogens is 1. The summed E-state index contributed by atoms with van der Waals surface area (Å²) in [4.78, 5) is 12.4. The normalized spacial score (nSPS) is 12.0. The minimum absolute atomic E-state index is 0.215. The fraction of sp³-hybridized carbons (Fsp3) is 0.211. The lowest BCUT2D eigenvalue weighted by Crippen LogP contribution is -2.23. The summed E-state index contributed by atoms with van der Waals surface area (Å²) in [6.07, 6.45) is 0. The van der Waals surface area contributed by atoms with Gasteiger partial charge in [-0.05, 0) is 37.6 Å². The summed E-state index contributed by atoms with van der Waals surface area (Å²) in [5.41, 5.74) is 1.57. The Hall–Kier alpha value is -2.67. The van der Waals surface area contributed by atoms with Gasteiger partial charge in [0.25, 0.3) is 0 Å². The van der Waals surface area contributed by atoms with Crippen LogP contribution in [0.5, 0.6) is 0 Å². The Morgan fingerprint density at radius 1 is 1.19 bits per heavy atom. The summed E-state index contributed by atoms with van der Waals surface area (Å²) in [5, 5.41) is 11.3. The zero-order chi connectivity index (χ0) is 18.5. The van der Waals surface area contributed by atoms with E-state index in [-0.39, 0.29) is 11.7 Å². The standard InChI is InChI=1S/C19H19FN4OS/c1-13(18(25)21-17-10-6-9-16(20)11-17)26-19-23-22-14(2)24(19)12-15-7-4-3-5-8-15/h3-11,13H,12H2,1-2H3,(H,21,25)/t13-/m1/s1. The van der Waals surface area contributed by atoms with Crippen molar-refractivity contribution in [3.8, 4) is 0 Å². The molecule has 0 saturated heterocycles. The molecule has 0 unspecified atom stereocenters. The molecule has 26 heavy (non-hydrogen) atoms. The van der Waals surface area contributed by atoms with Crippen molar-refractivity contribution in [1.29, 1.82) is 0 Å². The minimum atomic E-state index is -0.406. The summed E-state index contributed by atoms with van der Waals surface area (Å²) in [7, 11) is 0. The third kappa shape index (κ3) is 4.49.